The van der Waals surface area contributed by atoms with E-state index in [4.69, 9.17) is 21.1 Å². The molecule has 0 unspecified atom stereocenters. The van der Waals surface area contributed by atoms with Crippen LogP contribution in [0, 0.1) is 17.3 Å². The average Bonchev–Trinajstić information content (AvgIpc) is 2.86. The SMILES string of the molecule is C[C@H]1CC2=C(C[C@H]1[C@@H]1OC[C@H](CCl)O1)C(C)(C)CCC2. The Morgan fingerprint density at radius 1 is 1.30 bits per heavy atom. The maximum atomic E-state index is 5.99. The highest BCUT2D eigenvalue weighted by molar-refractivity contribution is 6.18. The molecule has 4 atom stereocenters. The molecule has 3 rings (SSSR count). The van der Waals surface area contributed by atoms with E-state index < -0.39 is 0 Å². The molecule has 1 fully saturated rings. The standard InChI is InChI=1S/C17H27ClO2/c1-11-7-12-5-4-6-17(2,3)15(12)8-14(11)16-19-10-13(9-18)20-16/h11,13-14,16H,4-10H2,1-3H3/t11-,13-,14+,16+/m0/s1. The van der Waals surface area contributed by atoms with Gasteiger partial charge in [0.2, 0.25) is 0 Å². The van der Waals surface area contributed by atoms with E-state index in [1.165, 1.54) is 25.7 Å². The highest BCUT2D eigenvalue weighted by Gasteiger charge is 2.42. The normalized spacial score (nSPS) is 40.8. The molecule has 0 bridgehead atoms. The molecule has 0 aromatic rings. The van der Waals surface area contributed by atoms with Crippen LogP contribution in [-0.4, -0.2) is 24.9 Å². The first-order valence-electron chi connectivity index (χ1n) is 8.05. The van der Waals surface area contributed by atoms with Gasteiger partial charge in [0.15, 0.2) is 6.29 Å². The van der Waals surface area contributed by atoms with Crippen molar-refractivity contribution >= 4 is 11.6 Å². The lowest BCUT2D eigenvalue weighted by atomic mass is 9.63. The van der Waals surface area contributed by atoms with E-state index in [1.807, 2.05) is 0 Å². The number of allylic oxidation sites excluding steroid dienone is 2. The third-order valence-electron chi connectivity index (χ3n) is 5.56. The Balaban J connectivity index is 1.77. The summed E-state index contributed by atoms with van der Waals surface area (Å²) in [5.74, 6) is 1.69. The third-order valence-corrected chi connectivity index (χ3v) is 5.90. The zero-order chi connectivity index (χ0) is 14.3. The van der Waals surface area contributed by atoms with Crippen molar-refractivity contribution in [3.05, 3.63) is 11.1 Å². The smallest absolute Gasteiger partial charge is 0.161 e. The lowest BCUT2D eigenvalue weighted by Gasteiger charge is -2.44. The minimum Gasteiger partial charge on any atom is -0.350 e. The van der Waals surface area contributed by atoms with E-state index in [0.29, 0.717) is 29.7 Å². The molecule has 20 heavy (non-hydrogen) atoms. The Bertz CT molecular complexity index is 402. The molecule has 114 valence electrons. The predicted octanol–water partition coefficient (Wildman–Crippen LogP) is 4.52. The fraction of sp³-hybridized carbons (Fsp3) is 0.882. The number of hydrogen-bond acceptors (Lipinski definition) is 2. The van der Waals surface area contributed by atoms with Crippen LogP contribution in [0.25, 0.3) is 0 Å². The second-order valence-corrected chi connectivity index (χ2v) is 7.79. The van der Waals surface area contributed by atoms with Crippen molar-refractivity contribution in [1.82, 2.24) is 0 Å². The van der Waals surface area contributed by atoms with Gasteiger partial charge in [-0.1, -0.05) is 31.9 Å². The fourth-order valence-corrected chi connectivity index (χ4v) is 4.45. The van der Waals surface area contributed by atoms with E-state index in [-0.39, 0.29) is 12.4 Å². The minimum absolute atomic E-state index is 0.0412. The van der Waals surface area contributed by atoms with Crippen molar-refractivity contribution in [3.63, 3.8) is 0 Å². The van der Waals surface area contributed by atoms with Gasteiger partial charge in [0.1, 0.15) is 0 Å². The zero-order valence-corrected chi connectivity index (χ0v) is 13.7. The van der Waals surface area contributed by atoms with Crippen molar-refractivity contribution in [1.29, 1.82) is 0 Å². The largest absolute Gasteiger partial charge is 0.350 e. The lowest BCUT2D eigenvalue weighted by molar-refractivity contribution is -0.110. The van der Waals surface area contributed by atoms with Crippen molar-refractivity contribution in [2.24, 2.45) is 17.3 Å². The molecule has 0 saturated carbocycles. The second kappa shape index (κ2) is 5.62. The molecule has 1 aliphatic heterocycles. The van der Waals surface area contributed by atoms with Crippen LogP contribution in [0.2, 0.25) is 0 Å². The maximum absolute atomic E-state index is 5.99. The number of halogens is 1. The minimum atomic E-state index is -0.0412. The molecule has 0 amide bonds. The summed E-state index contributed by atoms with van der Waals surface area (Å²) in [4.78, 5) is 0. The van der Waals surface area contributed by atoms with Gasteiger partial charge in [0, 0.05) is 5.92 Å². The summed E-state index contributed by atoms with van der Waals surface area (Å²) in [5, 5.41) is 0. The molecule has 0 N–H and O–H groups in total. The molecular formula is C17H27ClO2. The molecule has 0 aromatic carbocycles. The van der Waals surface area contributed by atoms with Crippen molar-refractivity contribution < 1.29 is 9.47 Å². The Hall–Kier alpha value is -0.0500. The Labute approximate surface area is 127 Å². The van der Waals surface area contributed by atoms with Gasteiger partial charge in [-0.25, -0.2) is 0 Å². The van der Waals surface area contributed by atoms with Crippen LogP contribution in [0.5, 0.6) is 0 Å². The van der Waals surface area contributed by atoms with Gasteiger partial charge in [-0.05, 0) is 43.4 Å². The molecule has 2 aliphatic carbocycles. The number of ether oxygens (including phenoxy) is 2. The summed E-state index contributed by atoms with van der Waals surface area (Å²) in [5.41, 5.74) is 3.81. The van der Waals surface area contributed by atoms with Gasteiger partial charge in [-0.15, -0.1) is 11.6 Å². The summed E-state index contributed by atoms with van der Waals surface area (Å²) in [7, 11) is 0. The van der Waals surface area contributed by atoms with E-state index in [0.717, 1.165) is 6.42 Å². The summed E-state index contributed by atoms with van der Waals surface area (Å²) in [6.07, 6.45) is 6.43. The van der Waals surface area contributed by atoms with E-state index in [9.17, 15) is 0 Å². The lowest BCUT2D eigenvalue weighted by Crippen LogP contribution is -2.36. The first-order valence-corrected chi connectivity index (χ1v) is 8.59. The van der Waals surface area contributed by atoms with Gasteiger partial charge >= 0.3 is 0 Å². The molecule has 2 nitrogen and oxygen atoms in total. The Morgan fingerprint density at radius 2 is 2.10 bits per heavy atom. The summed E-state index contributed by atoms with van der Waals surface area (Å²) in [6, 6.07) is 0. The van der Waals surface area contributed by atoms with Crippen LogP contribution >= 0.6 is 11.6 Å². The topological polar surface area (TPSA) is 18.5 Å². The molecule has 1 heterocycles. The van der Waals surface area contributed by atoms with E-state index in [2.05, 4.69) is 20.8 Å². The first-order chi connectivity index (χ1) is 9.51. The van der Waals surface area contributed by atoms with Gasteiger partial charge in [0.25, 0.3) is 0 Å². The average molecular weight is 299 g/mol. The number of alkyl halides is 1. The van der Waals surface area contributed by atoms with Crippen LogP contribution in [0.3, 0.4) is 0 Å². The quantitative estimate of drug-likeness (QED) is 0.551. The summed E-state index contributed by atoms with van der Waals surface area (Å²) in [6.45, 7) is 7.84. The van der Waals surface area contributed by atoms with E-state index in [1.54, 1.807) is 11.1 Å². The Morgan fingerprint density at radius 3 is 2.80 bits per heavy atom. The van der Waals surface area contributed by atoms with Crippen molar-refractivity contribution in [2.75, 3.05) is 12.5 Å². The monoisotopic (exact) mass is 298 g/mol. The van der Waals surface area contributed by atoms with E-state index >= 15 is 0 Å². The summed E-state index contributed by atoms with van der Waals surface area (Å²) >= 11 is 5.89. The predicted molar refractivity (Wildman–Crippen MR) is 81.9 cm³/mol. The van der Waals surface area contributed by atoms with Gasteiger partial charge in [-0.2, -0.15) is 0 Å². The van der Waals surface area contributed by atoms with Gasteiger partial charge in [-0.3, -0.25) is 0 Å². The zero-order valence-electron chi connectivity index (χ0n) is 13.0. The van der Waals surface area contributed by atoms with Crippen LogP contribution in [0.15, 0.2) is 11.1 Å². The molecule has 1 saturated heterocycles. The molecule has 3 aliphatic rings. The third kappa shape index (κ3) is 2.67. The molecule has 0 spiro atoms. The van der Waals surface area contributed by atoms with Crippen LogP contribution < -0.4 is 0 Å². The Kier molecular flexibility index (Phi) is 4.18. The maximum Gasteiger partial charge on any atom is 0.161 e. The van der Waals surface area contributed by atoms with Crippen LogP contribution in [0.4, 0.5) is 0 Å². The highest BCUT2D eigenvalue weighted by atomic mass is 35.5. The molecule has 3 heteroatoms. The van der Waals surface area contributed by atoms with Crippen LogP contribution in [-0.2, 0) is 9.47 Å². The number of rotatable bonds is 2. The van der Waals surface area contributed by atoms with Crippen molar-refractivity contribution in [3.8, 4) is 0 Å². The van der Waals surface area contributed by atoms with Gasteiger partial charge < -0.3 is 9.47 Å². The van der Waals surface area contributed by atoms with Crippen LogP contribution in [0.1, 0.15) is 52.9 Å². The fourth-order valence-electron chi connectivity index (χ4n) is 4.29. The summed E-state index contributed by atoms with van der Waals surface area (Å²) < 4.78 is 11.9. The van der Waals surface area contributed by atoms with Gasteiger partial charge in [0.05, 0.1) is 18.6 Å². The number of hydrogen-bond donors (Lipinski definition) is 0. The highest BCUT2D eigenvalue weighted by Crippen LogP contribution is 2.50. The molecule has 0 radical (unpaired) electrons. The first kappa shape index (κ1) is 14.9. The molecule has 0 aromatic heterocycles. The van der Waals surface area contributed by atoms with Crippen molar-refractivity contribution in [2.45, 2.75) is 65.3 Å². The molecular weight excluding hydrogens is 272 g/mol. The second-order valence-electron chi connectivity index (χ2n) is 7.48.